The summed E-state index contributed by atoms with van der Waals surface area (Å²) < 4.78 is 26.7. The highest BCUT2D eigenvalue weighted by atomic mass is 35.5. The molecule has 0 radical (unpaired) electrons. The van der Waals surface area contributed by atoms with Gasteiger partial charge in [0.2, 0.25) is 0 Å². The van der Waals surface area contributed by atoms with E-state index in [2.05, 4.69) is 14.7 Å². The van der Waals surface area contributed by atoms with Crippen molar-refractivity contribution in [1.82, 2.24) is 9.97 Å². The molecule has 1 N–H and O–H groups in total. The number of nitrogens with one attached hydrogen (secondary N) is 1. The first-order chi connectivity index (χ1) is 8.90. The van der Waals surface area contributed by atoms with Gasteiger partial charge in [0, 0.05) is 12.4 Å². The molecule has 19 heavy (non-hydrogen) atoms. The van der Waals surface area contributed by atoms with Gasteiger partial charge in [-0.25, -0.2) is 18.4 Å². The fraction of sp³-hybridized carbons (Fsp3) is 0.167. The summed E-state index contributed by atoms with van der Waals surface area (Å²) in [6.45, 7) is 3.77. The molecule has 0 aliphatic rings. The summed E-state index contributed by atoms with van der Waals surface area (Å²) in [6, 6.07) is 4.89. The summed E-state index contributed by atoms with van der Waals surface area (Å²) in [7, 11) is -3.71. The summed E-state index contributed by atoms with van der Waals surface area (Å²) in [5.41, 5.74) is 1.92. The average molecular weight is 298 g/mol. The zero-order valence-corrected chi connectivity index (χ0v) is 12.0. The number of hydrogen-bond donors (Lipinski definition) is 1. The normalized spacial score (nSPS) is 11.3. The maximum atomic E-state index is 12.2. The Labute approximate surface area is 116 Å². The number of hydrogen-bond acceptors (Lipinski definition) is 4. The first-order valence-electron chi connectivity index (χ1n) is 5.47. The lowest BCUT2D eigenvalue weighted by Crippen LogP contribution is -2.14. The van der Waals surface area contributed by atoms with Crippen molar-refractivity contribution in [3.63, 3.8) is 0 Å². The molecule has 0 unspecified atom stereocenters. The molecule has 1 heterocycles. The van der Waals surface area contributed by atoms with Crippen molar-refractivity contribution in [2.75, 3.05) is 4.72 Å². The summed E-state index contributed by atoms with van der Waals surface area (Å²) in [4.78, 5) is 7.77. The van der Waals surface area contributed by atoms with Crippen LogP contribution in [0.4, 0.5) is 5.82 Å². The van der Waals surface area contributed by atoms with Crippen molar-refractivity contribution in [2.45, 2.75) is 18.7 Å². The van der Waals surface area contributed by atoms with Crippen molar-refractivity contribution in [2.24, 2.45) is 0 Å². The van der Waals surface area contributed by atoms with Gasteiger partial charge in [-0.15, -0.1) is 0 Å². The molecule has 0 fully saturated rings. The zero-order chi connectivity index (χ0) is 14.0. The Morgan fingerprint density at radius 1 is 1.11 bits per heavy atom. The van der Waals surface area contributed by atoms with E-state index in [1.165, 1.54) is 18.5 Å². The molecule has 2 aromatic rings. The van der Waals surface area contributed by atoms with E-state index in [1.54, 1.807) is 12.1 Å². The molecule has 1 aromatic carbocycles. The van der Waals surface area contributed by atoms with Gasteiger partial charge in [-0.3, -0.25) is 4.72 Å². The number of anilines is 1. The largest absolute Gasteiger partial charge is 0.263 e. The van der Waals surface area contributed by atoms with Gasteiger partial charge in [-0.05, 0) is 37.1 Å². The Morgan fingerprint density at radius 3 is 2.42 bits per heavy atom. The SMILES string of the molecule is Cc1ccc(S(=O)(=O)Nc2nccnc2Cl)cc1C. The lowest BCUT2D eigenvalue weighted by atomic mass is 10.1. The third-order valence-corrected chi connectivity index (χ3v) is 4.29. The van der Waals surface area contributed by atoms with E-state index in [9.17, 15) is 8.42 Å². The number of nitrogens with zero attached hydrogens (tertiary/aromatic N) is 2. The van der Waals surface area contributed by atoms with Crippen molar-refractivity contribution in [3.8, 4) is 0 Å². The monoisotopic (exact) mass is 297 g/mol. The standard InChI is InChI=1S/C12H12ClN3O2S/c1-8-3-4-10(7-9(8)2)19(17,18)16-12-11(13)14-5-6-15-12/h3-7H,1-2H3,(H,15,16). The molecule has 0 spiro atoms. The van der Waals surface area contributed by atoms with Crippen LogP contribution in [0.5, 0.6) is 0 Å². The quantitative estimate of drug-likeness (QED) is 0.945. The summed E-state index contributed by atoms with van der Waals surface area (Å²) in [5.74, 6) is 0.0161. The minimum atomic E-state index is -3.71. The van der Waals surface area contributed by atoms with Gasteiger partial charge in [-0.1, -0.05) is 17.7 Å². The molecule has 0 atom stereocenters. The number of rotatable bonds is 3. The second-order valence-corrected chi connectivity index (χ2v) is 6.09. The van der Waals surface area contributed by atoms with E-state index in [1.807, 2.05) is 13.8 Å². The highest BCUT2D eigenvalue weighted by molar-refractivity contribution is 7.92. The average Bonchev–Trinajstić information content (AvgIpc) is 2.35. The number of benzene rings is 1. The highest BCUT2D eigenvalue weighted by Crippen LogP contribution is 2.21. The van der Waals surface area contributed by atoms with Gasteiger partial charge in [0.25, 0.3) is 10.0 Å². The maximum Gasteiger partial charge on any atom is 0.263 e. The second-order valence-electron chi connectivity index (χ2n) is 4.05. The minimum absolute atomic E-state index is 0.00917. The molecule has 0 aliphatic heterocycles. The number of halogens is 1. The van der Waals surface area contributed by atoms with Gasteiger partial charge in [0.1, 0.15) is 0 Å². The Balaban J connectivity index is 2.38. The van der Waals surface area contributed by atoms with Crippen LogP contribution in [0.15, 0.2) is 35.5 Å². The molecule has 5 nitrogen and oxygen atoms in total. The zero-order valence-electron chi connectivity index (χ0n) is 10.4. The first kappa shape index (κ1) is 13.8. The molecular weight excluding hydrogens is 286 g/mol. The fourth-order valence-corrected chi connectivity index (χ4v) is 2.77. The third kappa shape index (κ3) is 3.02. The molecule has 0 saturated heterocycles. The fourth-order valence-electron chi connectivity index (χ4n) is 1.46. The van der Waals surface area contributed by atoms with Gasteiger partial charge in [0.05, 0.1) is 4.90 Å². The molecule has 1 aromatic heterocycles. The first-order valence-corrected chi connectivity index (χ1v) is 7.33. The van der Waals surface area contributed by atoms with Gasteiger partial charge < -0.3 is 0 Å². The van der Waals surface area contributed by atoms with Crippen LogP contribution < -0.4 is 4.72 Å². The molecule has 0 aliphatic carbocycles. The molecule has 7 heteroatoms. The van der Waals surface area contributed by atoms with Crippen LogP contribution in [0.2, 0.25) is 5.15 Å². The third-order valence-electron chi connectivity index (χ3n) is 2.67. The van der Waals surface area contributed by atoms with Crippen molar-refractivity contribution < 1.29 is 8.42 Å². The Hall–Kier alpha value is -1.66. The van der Waals surface area contributed by atoms with Crippen molar-refractivity contribution in [1.29, 1.82) is 0 Å². The second kappa shape index (κ2) is 5.14. The Morgan fingerprint density at radius 2 is 1.79 bits per heavy atom. The van der Waals surface area contributed by atoms with Crippen LogP contribution in [-0.4, -0.2) is 18.4 Å². The molecule has 100 valence electrons. The smallest absolute Gasteiger partial charge is 0.261 e. The topological polar surface area (TPSA) is 72.0 Å². The van der Waals surface area contributed by atoms with E-state index >= 15 is 0 Å². The van der Waals surface area contributed by atoms with Crippen LogP contribution in [0.3, 0.4) is 0 Å². The minimum Gasteiger partial charge on any atom is -0.261 e. The molecular formula is C12H12ClN3O2S. The van der Waals surface area contributed by atoms with E-state index in [0.717, 1.165) is 11.1 Å². The van der Waals surface area contributed by atoms with Gasteiger partial charge in [-0.2, -0.15) is 0 Å². The Kier molecular flexibility index (Phi) is 3.73. The van der Waals surface area contributed by atoms with E-state index in [0.29, 0.717) is 0 Å². The number of aromatic nitrogens is 2. The number of aryl methyl sites for hydroxylation is 2. The molecule has 0 bridgehead atoms. The predicted molar refractivity (Wildman–Crippen MR) is 73.8 cm³/mol. The molecule has 0 saturated carbocycles. The Bertz CT molecular complexity index is 717. The van der Waals surface area contributed by atoms with Gasteiger partial charge >= 0.3 is 0 Å². The summed E-state index contributed by atoms with van der Waals surface area (Å²) >= 11 is 5.77. The van der Waals surface area contributed by atoms with E-state index in [4.69, 9.17) is 11.6 Å². The highest BCUT2D eigenvalue weighted by Gasteiger charge is 2.17. The van der Waals surface area contributed by atoms with Crippen LogP contribution >= 0.6 is 11.6 Å². The van der Waals surface area contributed by atoms with Crippen LogP contribution in [0.25, 0.3) is 0 Å². The van der Waals surface area contributed by atoms with Gasteiger partial charge in [0.15, 0.2) is 11.0 Å². The molecule has 0 amide bonds. The van der Waals surface area contributed by atoms with Crippen LogP contribution in [-0.2, 0) is 10.0 Å². The number of sulfonamides is 1. The summed E-state index contributed by atoms with van der Waals surface area (Å²) in [5, 5.41) is 0.00917. The van der Waals surface area contributed by atoms with E-state index in [-0.39, 0.29) is 15.9 Å². The maximum absolute atomic E-state index is 12.2. The van der Waals surface area contributed by atoms with Crippen LogP contribution in [0.1, 0.15) is 11.1 Å². The van der Waals surface area contributed by atoms with Crippen molar-refractivity contribution in [3.05, 3.63) is 46.9 Å². The molecule has 2 rings (SSSR count). The lowest BCUT2D eigenvalue weighted by molar-refractivity contribution is 0.601. The van der Waals surface area contributed by atoms with Crippen molar-refractivity contribution >= 4 is 27.4 Å². The van der Waals surface area contributed by atoms with Crippen LogP contribution in [0, 0.1) is 13.8 Å². The lowest BCUT2D eigenvalue weighted by Gasteiger charge is -2.09. The van der Waals surface area contributed by atoms with E-state index < -0.39 is 10.0 Å². The predicted octanol–water partition coefficient (Wildman–Crippen LogP) is 2.55. The summed E-state index contributed by atoms with van der Waals surface area (Å²) in [6.07, 6.45) is 2.75.